The molecule has 172 valence electrons. The first-order chi connectivity index (χ1) is 16.5. The third-order valence-electron chi connectivity index (χ3n) is 6.93. The number of halogens is 1. The average Bonchev–Trinajstić information content (AvgIpc) is 3.31. The molecule has 0 radical (unpaired) electrons. The maximum atomic E-state index is 13.9. The minimum absolute atomic E-state index is 0.210. The molecule has 6 rings (SSSR count). The molecule has 0 spiro atoms. The summed E-state index contributed by atoms with van der Waals surface area (Å²) in [6, 6.07) is 16.0. The standard InChI is InChI=1S/C27H22BrNO5/c28-18-6-8-20-21(14-18)24(27(31)32)25(17-5-9-22-23(13-17)34-11-10-33-22)29(26(20)30)19-7-4-15-2-1-3-16(15)12-19/h4-9,12-14,24-25H,1-3,10-11H2,(H,31,32)/t24-,25+/m0/s1. The van der Waals surface area contributed by atoms with Crippen molar-refractivity contribution in [3.8, 4) is 11.5 Å². The van der Waals surface area contributed by atoms with Gasteiger partial charge in [0.05, 0.1) is 6.04 Å². The number of ether oxygens (including phenoxy) is 2. The lowest BCUT2D eigenvalue weighted by Crippen LogP contribution is -2.45. The lowest BCUT2D eigenvalue weighted by molar-refractivity contribution is -0.139. The number of carbonyl (C=O) groups excluding carboxylic acids is 1. The zero-order valence-corrected chi connectivity index (χ0v) is 19.9. The Kier molecular flexibility index (Phi) is 5.10. The number of aliphatic carboxylic acids is 1. The smallest absolute Gasteiger partial charge is 0.313 e. The highest BCUT2D eigenvalue weighted by atomic mass is 79.9. The molecular formula is C27H22BrNO5. The number of carbonyl (C=O) groups is 2. The predicted octanol–water partition coefficient (Wildman–Crippen LogP) is 5.28. The van der Waals surface area contributed by atoms with E-state index in [4.69, 9.17) is 9.47 Å². The number of aryl methyl sites for hydroxylation is 2. The van der Waals surface area contributed by atoms with E-state index >= 15 is 0 Å². The number of carboxylic acids is 1. The van der Waals surface area contributed by atoms with E-state index in [1.165, 1.54) is 11.1 Å². The molecule has 2 heterocycles. The fourth-order valence-corrected chi connectivity index (χ4v) is 5.78. The summed E-state index contributed by atoms with van der Waals surface area (Å²) in [5.41, 5.74) is 4.83. The Morgan fingerprint density at radius 2 is 1.74 bits per heavy atom. The van der Waals surface area contributed by atoms with Crippen LogP contribution in [-0.2, 0) is 17.6 Å². The molecule has 3 aromatic carbocycles. The lowest BCUT2D eigenvalue weighted by Gasteiger charge is -2.41. The second kappa shape index (κ2) is 8.17. The first-order valence-electron chi connectivity index (χ1n) is 11.4. The van der Waals surface area contributed by atoms with Crippen LogP contribution in [0.5, 0.6) is 11.5 Å². The van der Waals surface area contributed by atoms with Gasteiger partial charge in [0.1, 0.15) is 19.1 Å². The van der Waals surface area contributed by atoms with Gasteiger partial charge in [-0.25, -0.2) is 0 Å². The number of fused-ring (bicyclic) bond motifs is 3. The van der Waals surface area contributed by atoms with Crippen molar-refractivity contribution >= 4 is 33.5 Å². The molecule has 0 unspecified atom stereocenters. The van der Waals surface area contributed by atoms with Gasteiger partial charge in [-0.05, 0) is 84.0 Å². The van der Waals surface area contributed by atoms with Crippen molar-refractivity contribution in [1.29, 1.82) is 0 Å². The minimum Gasteiger partial charge on any atom is -0.486 e. The van der Waals surface area contributed by atoms with Gasteiger partial charge in [-0.1, -0.05) is 28.1 Å². The molecule has 0 bridgehead atoms. The molecule has 2 atom stereocenters. The molecule has 0 aromatic heterocycles. The maximum absolute atomic E-state index is 13.9. The lowest BCUT2D eigenvalue weighted by atomic mass is 9.79. The van der Waals surface area contributed by atoms with Gasteiger partial charge in [0.25, 0.3) is 5.91 Å². The van der Waals surface area contributed by atoms with Gasteiger partial charge in [0.2, 0.25) is 0 Å². The van der Waals surface area contributed by atoms with E-state index in [0.717, 1.165) is 23.7 Å². The number of anilines is 1. The number of carboxylic acid groups (broad SMARTS) is 1. The monoisotopic (exact) mass is 519 g/mol. The summed E-state index contributed by atoms with van der Waals surface area (Å²) in [4.78, 5) is 28.3. The van der Waals surface area contributed by atoms with Gasteiger partial charge in [-0.2, -0.15) is 0 Å². The highest BCUT2D eigenvalue weighted by Crippen LogP contribution is 2.48. The van der Waals surface area contributed by atoms with Crippen LogP contribution in [0.1, 0.15) is 51.0 Å². The van der Waals surface area contributed by atoms with Crippen LogP contribution in [0.2, 0.25) is 0 Å². The van der Waals surface area contributed by atoms with E-state index in [1.807, 2.05) is 24.3 Å². The van der Waals surface area contributed by atoms with E-state index in [1.54, 1.807) is 29.2 Å². The Balaban J connectivity index is 1.57. The van der Waals surface area contributed by atoms with E-state index in [-0.39, 0.29) is 5.91 Å². The second-order valence-electron chi connectivity index (χ2n) is 8.88. The molecule has 3 aliphatic rings. The van der Waals surface area contributed by atoms with Crippen LogP contribution in [0.25, 0.3) is 0 Å². The van der Waals surface area contributed by atoms with Crippen LogP contribution in [0.15, 0.2) is 59.1 Å². The zero-order chi connectivity index (χ0) is 23.4. The molecule has 34 heavy (non-hydrogen) atoms. The first-order valence-corrected chi connectivity index (χ1v) is 12.2. The van der Waals surface area contributed by atoms with Crippen molar-refractivity contribution < 1.29 is 24.2 Å². The van der Waals surface area contributed by atoms with Crippen molar-refractivity contribution in [2.45, 2.75) is 31.2 Å². The topological polar surface area (TPSA) is 76.1 Å². The third-order valence-corrected chi connectivity index (χ3v) is 7.42. The predicted molar refractivity (Wildman–Crippen MR) is 130 cm³/mol. The first kappa shape index (κ1) is 21.2. The van der Waals surface area contributed by atoms with Gasteiger partial charge in [-0.3, -0.25) is 14.5 Å². The molecule has 7 heteroatoms. The number of benzene rings is 3. The molecule has 0 fully saturated rings. The van der Waals surface area contributed by atoms with E-state index in [2.05, 4.69) is 22.0 Å². The number of hydrogen-bond donors (Lipinski definition) is 1. The molecule has 1 N–H and O–H groups in total. The minimum atomic E-state index is -0.988. The normalized spacial score (nSPS) is 20.6. The van der Waals surface area contributed by atoms with E-state index in [9.17, 15) is 14.7 Å². The number of hydrogen-bond acceptors (Lipinski definition) is 4. The van der Waals surface area contributed by atoms with Crippen molar-refractivity contribution in [3.63, 3.8) is 0 Å². The van der Waals surface area contributed by atoms with Crippen molar-refractivity contribution in [1.82, 2.24) is 0 Å². The van der Waals surface area contributed by atoms with E-state index in [0.29, 0.717) is 47.1 Å². The Morgan fingerprint density at radius 3 is 2.56 bits per heavy atom. The Morgan fingerprint density at radius 1 is 0.941 bits per heavy atom. The summed E-state index contributed by atoms with van der Waals surface area (Å²) >= 11 is 3.45. The SMILES string of the molecule is O=C(O)[C@H]1c2cc(Br)ccc2C(=O)N(c2ccc3c(c2)CCC3)[C@@H]1c1ccc2c(c1)OCCO2. The van der Waals surface area contributed by atoms with Crippen molar-refractivity contribution in [2.24, 2.45) is 0 Å². The summed E-state index contributed by atoms with van der Waals surface area (Å²) in [6.07, 6.45) is 3.09. The van der Waals surface area contributed by atoms with Crippen LogP contribution in [0, 0.1) is 0 Å². The summed E-state index contributed by atoms with van der Waals surface area (Å²) in [5, 5.41) is 10.4. The second-order valence-corrected chi connectivity index (χ2v) is 9.79. The fourth-order valence-electron chi connectivity index (χ4n) is 5.40. The van der Waals surface area contributed by atoms with E-state index < -0.39 is 17.9 Å². The van der Waals surface area contributed by atoms with Crippen LogP contribution < -0.4 is 14.4 Å². The zero-order valence-electron chi connectivity index (χ0n) is 18.3. The highest BCUT2D eigenvalue weighted by Gasteiger charge is 2.45. The summed E-state index contributed by atoms with van der Waals surface area (Å²) in [6.45, 7) is 0.890. The highest BCUT2D eigenvalue weighted by molar-refractivity contribution is 9.10. The van der Waals surface area contributed by atoms with Crippen molar-refractivity contribution in [3.05, 3.63) is 86.9 Å². The maximum Gasteiger partial charge on any atom is 0.313 e. The quantitative estimate of drug-likeness (QED) is 0.509. The van der Waals surface area contributed by atoms with Crippen LogP contribution in [0.4, 0.5) is 5.69 Å². The van der Waals surface area contributed by atoms with Crippen molar-refractivity contribution in [2.75, 3.05) is 18.1 Å². The van der Waals surface area contributed by atoms with Crippen LogP contribution in [0.3, 0.4) is 0 Å². The molecular weight excluding hydrogens is 498 g/mol. The molecule has 0 saturated carbocycles. The van der Waals surface area contributed by atoms with Gasteiger partial charge >= 0.3 is 5.97 Å². The number of amides is 1. The number of rotatable bonds is 3. The summed E-state index contributed by atoms with van der Waals surface area (Å²) in [5.74, 6) is -0.970. The Labute approximate surface area is 205 Å². The average molecular weight is 520 g/mol. The molecule has 0 saturated heterocycles. The van der Waals surface area contributed by atoms with Gasteiger partial charge in [0, 0.05) is 15.7 Å². The van der Waals surface area contributed by atoms with Gasteiger partial charge in [0.15, 0.2) is 11.5 Å². The fraction of sp³-hybridized carbons (Fsp3) is 0.259. The third kappa shape index (κ3) is 3.38. The molecule has 3 aromatic rings. The summed E-state index contributed by atoms with van der Waals surface area (Å²) in [7, 11) is 0. The van der Waals surface area contributed by atoms with Crippen LogP contribution >= 0.6 is 15.9 Å². The number of nitrogens with zero attached hydrogens (tertiary/aromatic N) is 1. The van der Waals surface area contributed by atoms with Gasteiger partial charge in [-0.15, -0.1) is 0 Å². The molecule has 6 nitrogen and oxygen atoms in total. The van der Waals surface area contributed by atoms with Gasteiger partial charge < -0.3 is 14.6 Å². The van der Waals surface area contributed by atoms with Crippen LogP contribution in [-0.4, -0.2) is 30.2 Å². The Bertz CT molecular complexity index is 1340. The molecule has 2 aliphatic heterocycles. The summed E-state index contributed by atoms with van der Waals surface area (Å²) < 4.78 is 12.2. The largest absolute Gasteiger partial charge is 0.486 e. The molecule has 1 amide bonds. The Hall–Kier alpha value is -3.32. The molecule has 1 aliphatic carbocycles.